The van der Waals surface area contributed by atoms with Crippen molar-refractivity contribution in [1.29, 1.82) is 0 Å². The van der Waals surface area contributed by atoms with Crippen molar-refractivity contribution in [3.8, 4) is 0 Å². The van der Waals surface area contributed by atoms with Gasteiger partial charge in [0.25, 0.3) is 0 Å². The predicted molar refractivity (Wildman–Crippen MR) is 84.0 cm³/mol. The molecule has 0 aliphatic heterocycles. The van der Waals surface area contributed by atoms with Crippen molar-refractivity contribution in [3.05, 3.63) is 18.0 Å². The average Bonchev–Trinajstić information content (AvgIpc) is 2.82. The van der Waals surface area contributed by atoms with Crippen molar-refractivity contribution in [2.24, 2.45) is 11.8 Å². The Balaban J connectivity index is 2.49. The number of methoxy groups -OCH3 is 1. The molecule has 0 amide bonds. The molecule has 116 valence electrons. The summed E-state index contributed by atoms with van der Waals surface area (Å²) in [6.45, 7) is 11.6. The SMILES string of the molecule is COCCNCC(Cc1ccn(C(C)C)n1)CC(C)C. The second-order valence-electron chi connectivity index (χ2n) is 6.28. The number of hydrogen-bond acceptors (Lipinski definition) is 3. The minimum Gasteiger partial charge on any atom is -0.383 e. The van der Waals surface area contributed by atoms with Crippen molar-refractivity contribution >= 4 is 0 Å². The van der Waals surface area contributed by atoms with Gasteiger partial charge in [0.1, 0.15) is 0 Å². The smallest absolute Gasteiger partial charge is 0.0627 e. The van der Waals surface area contributed by atoms with E-state index in [1.807, 2.05) is 4.68 Å². The van der Waals surface area contributed by atoms with Crippen LogP contribution >= 0.6 is 0 Å². The van der Waals surface area contributed by atoms with E-state index in [-0.39, 0.29) is 0 Å². The molecule has 1 aromatic heterocycles. The third kappa shape index (κ3) is 6.53. The van der Waals surface area contributed by atoms with Gasteiger partial charge in [-0.3, -0.25) is 4.68 Å². The molecule has 0 spiro atoms. The maximum Gasteiger partial charge on any atom is 0.0627 e. The van der Waals surface area contributed by atoms with Gasteiger partial charge in [0.15, 0.2) is 0 Å². The Labute approximate surface area is 123 Å². The van der Waals surface area contributed by atoms with Gasteiger partial charge in [-0.25, -0.2) is 0 Å². The molecule has 1 aromatic rings. The summed E-state index contributed by atoms with van der Waals surface area (Å²) in [6, 6.07) is 2.59. The van der Waals surface area contributed by atoms with E-state index in [1.54, 1.807) is 7.11 Å². The van der Waals surface area contributed by atoms with Gasteiger partial charge in [0, 0.05) is 25.9 Å². The van der Waals surface area contributed by atoms with E-state index in [0.717, 1.165) is 32.0 Å². The van der Waals surface area contributed by atoms with Crippen molar-refractivity contribution in [3.63, 3.8) is 0 Å². The fraction of sp³-hybridized carbons (Fsp3) is 0.812. The first-order valence-electron chi connectivity index (χ1n) is 7.76. The van der Waals surface area contributed by atoms with Gasteiger partial charge >= 0.3 is 0 Å². The maximum absolute atomic E-state index is 5.07. The monoisotopic (exact) mass is 281 g/mol. The molecule has 0 aliphatic rings. The first kappa shape index (κ1) is 17.2. The van der Waals surface area contributed by atoms with Crippen LogP contribution in [0.25, 0.3) is 0 Å². The Morgan fingerprint density at radius 1 is 1.30 bits per heavy atom. The molecule has 0 saturated carbocycles. The molecule has 0 bridgehead atoms. The van der Waals surface area contributed by atoms with Gasteiger partial charge in [-0.2, -0.15) is 5.10 Å². The van der Waals surface area contributed by atoms with Crippen molar-refractivity contribution in [2.45, 2.75) is 46.6 Å². The quantitative estimate of drug-likeness (QED) is 0.670. The molecule has 1 heterocycles. The third-order valence-electron chi connectivity index (χ3n) is 3.41. The summed E-state index contributed by atoms with van der Waals surface area (Å²) in [4.78, 5) is 0. The molecular formula is C16H31N3O. The van der Waals surface area contributed by atoms with Crippen LogP contribution in [0.2, 0.25) is 0 Å². The molecule has 1 N–H and O–H groups in total. The Morgan fingerprint density at radius 3 is 2.60 bits per heavy atom. The van der Waals surface area contributed by atoms with E-state index in [4.69, 9.17) is 4.74 Å². The van der Waals surface area contributed by atoms with Crippen LogP contribution in [0.5, 0.6) is 0 Å². The zero-order valence-electron chi connectivity index (χ0n) is 13.7. The van der Waals surface area contributed by atoms with Crippen LogP contribution in [-0.2, 0) is 11.2 Å². The largest absolute Gasteiger partial charge is 0.383 e. The topological polar surface area (TPSA) is 39.1 Å². The number of ether oxygens (including phenoxy) is 1. The van der Waals surface area contributed by atoms with Crippen LogP contribution in [0.1, 0.15) is 45.9 Å². The molecule has 0 radical (unpaired) electrons. The fourth-order valence-corrected chi connectivity index (χ4v) is 2.46. The van der Waals surface area contributed by atoms with E-state index < -0.39 is 0 Å². The summed E-state index contributed by atoms with van der Waals surface area (Å²) in [5.41, 5.74) is 1.21. The van der Waals surface area contributed by atoms with Gasteiger partial charge in [0.2, 0.25) is 0 Å². The molecule has 4 nitrogen and oxygen atoms in total. The average molecular weight is 281 g/mol. The molecule has 1 rings (SSSR count). The van der Waals surface area contributed by atoms with Crippen molar-refractivity contribution in [1.82, 2.24) is 15.1 Å². The highest BCUT2D eigenvalue weighted by atomic mass is 16.5. The highest BCUT2D eigenvalue weighted by molar-refractivity contribution is 5.01. The lowest BCUT2D eigenvalue weighted by Crippen LogP contribution is -2.28. The Bertz CT molecular complexity index is 360. The minimum atomic E-state index is 0.437. The van der Waals surface area contributed by atoms with Gasteiger partial charge in [-0.1, -0.05) is 13.8 Å². The lowest BCUT2D eigenvalue weighted by atomic mass is 9.93. The van der Waals surface area contributed by atoms with E-state index in [0.29, 0.717) is 12.0 Å². The first-order chi connectivity index (χ1) is 9.52. The maximum atomic E-state index is 5.07. The molecule has 0 saturated heterocycles. The summed E-state index contributed by atoms with van der Waals surface area (Å²) in [6.07, 6.45) is 4.37. The molecule has 1 unspecified atom stereocenters. The number of aromatic nitrogens is 2. The van der Waals surface area contributed by atoms with Crippen LogP contribution in [-0.4, -0.2) is 36.6 Å². The standard InChI is InChI=1S/C16H31N3O/c1-13(2)10-15(12-17-7-9-20-5)11-16-6-8-19(18-16)14(3)4/h6,8,13-15,17H,7,9-12H2,1-5H3. The van der Waals surface area contributed by atoms with Crippen LogP contribution in [0.15, 0.2) is 12.3 Å². The number of nitrogens with one attached hydrogen (secondary N) is 1. The predicted octanol–water partition coefficient (Wildman–Crippen LogP) is 2.90. The van der Waals surface area contributed by atoms with Gasteiger partial charge in [-0.15, -0.1) is 0 Å². The minimum absolute atomic E-state index is 0.437. The summed E-state index contributed by atoms with van der Waals surface area (Å²) in [5, 5.41) is 8.15. The highest BCUT2D eigenvalue weighted by Crippen LogP contribution is 2.16. The second kappa shape index (κ2) is 9.14. The third-order valence-corrected chi connectivity index (χ3v) is 3.41. The van der Waals surface area contributed by atoms with Crippen molar-refractivity contribution < 1.29 is 4.74 Å². The zero-order chi connectivity index (χ0) is 15.0. The first-order valence-corrected chi connectivity index (χ1v) is 7.76. The lowest BCUT2D eigenvalue weighted by molar-refractivity contribution is 0.197. The second-order valence-corrected chi connectivity index (χ2v) is 6.28. The van der Waals surface area contributed by atoms with Crippen LogP contribution in [0, 0.1) is 11.8 Å². The lowest BCUT2D eigenvalue weighted by Gasteiger charge is -2.19. The number of rotatable bonds is 10. The molecule has 0 aliphatic carbocycles. The summed E-state index contributed by atoms with van der Waals surface area (Å²) < 4.78 is 7.12. The van der Waals surface area contributed by atoms with Gasteiger partial charge in [0.05, 0.1) is 12.3 Å². The van der Waals surface area contributed by atoms with Crippen LogP contribution < -0.4 is 5.32 Å². The molecule has 0 fully saturated rings. The van der Waals surface area contributed by atoms with Crippen molar-refractivity contribution in [2.75, 3.05) is 26.8 Å². The van der Waals surface area contributed by atoms with E-state index in [1.165, 1.54) is 12.1 Å². The van der Waals surface area contributed by atoms with Gasteiger partial charge in [-0.05, 0) is 51.1 Å². The zero-order valence-corrected chi connectivity index (χ0v) is 13.7. The Morgan fingerprint density at radius 2 is 2.05 bits per heavy atom. The van der Waals surface area contributed by atoms with E-state index in [2.05, 4.69) is 50.4 Å². The molecular weight excluding hydrogens is 250 g/mol. The van der Waals surface area contributed by atoms with Gasteiger partial charge < -0.3 is 10.1 Å². The van der Waals surface area contributed by atoms with E-state index >= 15 is 0 Å². The Kier molecular flexibility index (Phi) is 7.85. The molecule has 4 heteroatoms. The summed E-state index contributed by atoms with van der Waals surface area (Å²) in [5.74, 6) is 1.36. The normalized spacial score (nSPS) is 13.3. The molecule has 20 heavy (non-hydrogen) atoms. The molecule has 0 aromatic carbocycles. The number of hydrogen-bond donors (Lipinski definition) is 1. The van der Waals surface area contributed by atoms with E-state index in [9.17, 15) is 0 Å². The van der Waals surface area contributed by atoms with Crippen LogP contribution in [0.3, 0.4) is 0 Å². The summed E-state index contributed by atoms with van der Waals surface area (Å²) >= 11 is 0. The molecule has 1 atom stereocenters. The highest BCUT2D eigenvalue weighted by Gasteiger charge is 2.13. The fourth-order valence-electron chi connectivity index (χ4n) is 2.46. The summed E-state index contributed by atoms with van der Waals surface area (Å²) in [7, 11) is 1.74. The Hall–Kier alpha value is -0.870. The number of nitrogens with zero attached hydrogens (tertiary/aromatic N) is 2. The van der Waals surface area contributed by atoms with Crippen LogP contribution in [0.4, 0.5) is 0 Å².